The molecule has 1 unspecified atom stereocenters. The molecule has 0 aliphatic carbocycles. The number of methoxy groups -OCH3 is 1. The fourth-order valence-corrected chi connectivity index (χ4v) is 3.18. The van der Waals surface area contributed by atoms with Crippen LogP contribution in [0.15, 0.2) is 42.6 Å². The number of fused-ring (bicyclic) bond motifs is 1. The van der Waals surface area contributed by atoms with Crippen molar-refractivity contribution in [2.45, 2.75) is 12.3 Å². The number of rotatable bonds is 5. The maximum atomic E-state index is 6.11. The Morgan fingerprint density at radius 2 is 1.96 bits per heavy atom. The van der Waals surface area contributed by atoms with E-state index in [1.54, 1.807) is 7.11 Å². The molecule has 0 saturated heterocycles. The van der Waals surface area contributed by atoms with E-state index in [4.69, 9.17) is 33.7 Å². The molecule has 0 saturated carbocycles. The average molecular weight is 349 g/mol. The molecule has 0 fully saturated rings. The van der Waals surface area contributed by atoms with Gasteiger partial charge in [0.25, 0.3) is 0 Å². The van der Waals surface area contributed by atoms with Crippen molar-refractivity contribution in [3.63, 3.8) is 0 Å². The Hall–Kier alpha value is -1.68. The SMILES string of the molecule is COc1ccc2[nH]cc(C(CN)Cc3ccc(Cl)c(Cl)c3)c2c1. The van der Waals surface area contributed by atoms with Gasteiger partial charge in [0.15, 0.2) is 0 Å². The van der Waals surface area contributed by atoms with Gasteiger partial charge in [0.2, 0.25) is 0 Å². The minimum absolute atomic E-state index is 0.188. The Balaban J connectivity index is 1.95. The van der Waals surface area contributed by atoms with Crippen LogP contribution in [0.3, 0.4) is 0 Å². The molecular weight excluding hydrogens is 331 g/mol. The summed E-state index contributed by atoms with van der Waals surface area (Å²) in [5, 5.41) is 2.27. The molecular formula is C18H18Cl2N2O. The minimum atomic E-state index is 0.188. The first-order chi connectivity index (χ1) is 11.1. The summed E-state index contributed by atoms with van der Waals surface area (Å²) in [7, 11) is 1.67. The van der Waals surface area contributed by atoms with Crippen LogP contribution in [0, 0.1) is 0 Å². The first-order valence-corrected chi connectivity index (χ1v) is 8.17. The van der Waals surface area contributed by atoms with E-state index in [-0.39, 0.29) is 5.92 Å². The van der Waals surface area contributed by atoms with Crippen LogP contribution in [0.2, 0.25) is 10.0 Å². The third-order valence-electron chi connectivity index (χ3n) is 4.11. The summed E-state index contributed by atoms with van der Waals surface area (Å²) in [5.41, 5.74) is 9.42. The Morgan fingerprint density at radius 3 is 2.65 bits per heavy atom. The second kappa shape index (κ2) is 6.83. The summed E-state index contributed by atoms with van der Waals surface area (Å²) in [5.74, 6) is 1.02. The van der Waals surface area contributed by atoms with E-state index < -0.39 is 0 Å². The smallest absolute Gasteiger partial charge is 0.119 e. The molecule has 120 valence electrons. The van der Waals surface area contributed by atoms with Crippen LogP contribution in [0.25, 0.3) is 10.9 Å². The highest BCUT2D eigenvalue weighted by Crippen LogP contribution is 2.31. The summed E-state index contributed by atoms with van der Waals surface area (Å²) in [4.78, 5) is 3.30. The fraction of sp³-hybridized carbons (Fsp3) is 0.222. The van der Waals surface area contributed by atoms with Crippen molar-refractivity contribution < 1.29 is 4.74 Å². The third kappa shape index (κ3) is 3.32. The van der Waals surface area contributed by atoms with Gasteiger partial charge < -0.3 is 15.5 Å². The molecule has 3 rings (SSSR count). The predicted octanol–water partition coefficient (Wildman–Crippen LogP) is 4.77. The Morgan fingerprint density at radius 1 is 1.13 bits per heavy atom. The minimum Gasteiger partial charge on any atom is -0.497 e. The van der Waals surface area contributed by atoms with Gasteiger partial charge in [-0.15, -0.1) is 0 Å². The summed E-state index contributed by atoms with van der Waals surface area (Å²) < 4.78 is 5.33. The fourth-order valence-electron chi connectivity index (χ4n) is 2.86. The molecule has 0 bridgehead atoms. The van der Waals surface area contributed by atoms with Crippen molar-refractivity contribution in [2.24, 2.45) is 5.73 Å². The van der Waals surface area contributed by atoms with Crippen LogP contribution < -0.4 is 10.5 Å². The Bertz CT molecular complexity index is 829. The quantitative estimate of drug-likeness (QED) is 0.697. The molecule has 3 aromatic rings. The van der Waals surface area contributed by atoms with Crippen molar-refractivity contribution in [3.05, 3.63) is 63.8 Å². The first-order valence-electron chi connectivity index (χ1n) is 7.41. The lowest BCUT2D eigenvalue weighted by Crippen LogP contribution is -2.14. The molecule has 3 nitrogen and oxygen atoms in total. The number of ether oxygens (including phenoxy) is 1. The third-order valence-corrected chi connectivity index (χ3v) is 4.85. The monoisotopic (exact) mass is 348 g/mol. The summed E-state index contributed by atoms with van der Waals surface area (Å²) >= 11 is 12.1. The van der Waals surface area contributed by atoms with Crippen LogP contribution in [0.1, 0.15) is 17.0 Å². The standard InChI is InChI=1S/C18H18Cl2N2O/c1-23-13-3-5-18-14(8-13)15(10-22-18)12(9-21)6-11-2-4-16(19)17(20)7-11/h2-5,7-8,10,12,22H,6,9,21H2,1H3. The summed E-state index contributed by atoms with van der Waals surface area (Å²) in [6, 6.07) is 11.7. The van der Waals surface area contributed by atoms with Crippen LogP contribution >= 0.6 is 23.2 Å². The van der Waals surface area contributed by atoms with Crippen LogP contribution in [0.4, 0.5) is 0 Å². The number of aromatic amines is 1. The zero-order valence-corrected chi connectivity index (χ0v) is 14.3. The Kier molecular flexibility index (Phi) is 4.81. The van der Waals surface area contributed by atoms with Crippen molar-refractivity contribution >= 4 is 34.1 Å². The van der Waals surface area contributed by atoms with Gasteiger partial charge in [-0.3, -0.25) is 0 Å². The molecule has 1 atom stereocenters. The zero-order valence-electron chi connectivity index (χ0n) is 12.8. The van der Waals surface area contributed by atoms with E-state index in [1.165, 1.54) is 5.56 Å². The molecule has 0 aliphatic rings. The van der Waals surface area contributed by atoms with Gasteiger partial charge in [-0.2, -0.15) is 0 Å². The highest BCUT2D eigenvalue weighted by atomic mass is 35.5. The van der Waals surface area contributed by atoms with E-state index >= 15 is 0 Å². The van der Waals surface area contributed by atoms with Gasteiger partial charge in [0.1, 0.15) is 5.75 Å². The van der Waals surface area contributed by atoms with Crippen LogP contribution in [0.5, 0.6) is 5.75 Å². The van der Waals surface area contributed by atoms with E-state index in [0.29, 0.717) is 16.6 Å². The molecule has 0 radical (unpaired) electrons. The van der Waals surface area contributed by atoms with Gasteiger partial charge in [-0.1, -0.05) is 29.3 Å². The molecule has 0 aliphatic heterocycles. The number of H-pyrrole nitrogens is 1. The number of nitrogens with one attached hydrogen (secondary N) is 1. The molecule has 0 spiro atoms. The summed E-state index contributed by atoms with van der Waals surface area (Å²) in [6.45, 7) is 0.546. The number of aromatic nitrogens is 1. The van der Waals surface area contributed by atoms with Crippen LogP contribution in [-0.2, 0) is 6.42 Å². The van der Waals surface area contributed by atoms with Crippen molar-refractivity contribution in [2.75, 3.05) is 13.7 Å². The largest absolute Gasteiger partial charge is 0.497 e. The second-order valence-electron chi connectivity index (χ2n) is 5.54. The van der Waals surface area contributed by atoms with E-state index in [9.17, 15) is 0 Å². The maximum absolute atomic E-state index is 6.11. The van der Waals surface area contributed by atoms with Gasteiger partial charge in [0, 0.05) is 23.0 Å². The molecule has 0 amide bonds. The maximum Gasteiger partial charge on any atom is 0.119 e. The van der Waals surface area contributed by atoms with Crippen molar-refractivity contribution in [1.82, 2.24) is 4.98 Å². The van der Waals surface area contributed by atoms with Gasteiger partial charge in [-0.05, 0) is 54.4 Å². The average Bonchev–Trinajstić information content (AvgIpc) is 2.98. The zero-order chi connectivity index (χ0) is 16.4. The molecule has 3 N–H and O–H groups in total. The van der Waals surface area contributed by atoms with Gasteiger partial charge in [0.05, 0.1) is 17.2 Å². The molecule has 1 heterocycles. The lowest BCUT2D eigenvalue weighted by Gasteiger charge is -2.15. The molecule has 23 heavy (non-hydrogen) atoms. The lowest BCUT2D eigenvalue weighted by atomic mass is 9.91. The number of nitrogens with two attached hydrogens (primary N) is 1. The predicted molar refractivity (Wildman–Crippen MR) is 96.8 cm³/mol. The van der Waals surface area contributed by atoms with Gasteiger partial charge in [-0.25, -0.2) is 0 Å². The lowest BCUT2D eigenvalue weighted by molar-refractivity contribution is 0.415. The van der Waals surface area contributed by atoms with Crippen molar-refractivity contribution in [1.29, 1.82) is 0 Å². The van der Waals surface area contributed by atoms with E-state index in [2.05, 4.69) is 4.98 Å². The molecule has 1 aromatic heterocycles. The van der Waals surface area contributed by atoms with Gasteiger partial charge >= 0.3 is 0 Å². The van der Waals surface area contributed by atoms with Crippen molar-refractivity contribution in [3.8, 4) is 5.75 Å². The highest BCUT2D eigenvalue weighted by molar-refractivity contribution is 6.42. The number of hydrogen-bond acceptors (Lipinski definition) is 2. The first kappa shape index (κ1) is 16.2. The van der Waals surface area contributed by atoms with E-state index in [0.717, 1.165) is 28.6 Å². The van der Waals surface area contributed by atoms with E-state index in [1.807, 2.05) is 42.6 Å². The van der Waals surface area contributed by atoms with Crippen LogP contribution in [-0.4, -0.2) is 18.6 Å². The Labute approximate surface area is 145 Å². The normalized spacial score (nSPS) is 12.5. The topological polar surface area (TPSA) is 51.0 Å². The molecule has 5 heteroatoms. The number of benzene rings is 2. The second-order valence-corrected chi connectivity index (χ2v) is 6.36. The summed E-state index contributed by atoms with van der Waals surface area (Å²) in [6.07, 6.45) is 2.83. The molecule has 2 aromatic carbocycles. The highest BCUT2D eigenvalue weighted by Gasteiger charge is 2.16. The number of halogens is 2. The number of hydrogen-bond donors (Lipinski definition) is 2.